The third-order valence-corrected chi connectivity index (χ3v) is 9.40. The van der Waals surface area contributed by atoms with Crippen molar-refractivity contribution in [1.29, 1.82) is 0 Å². The Hall–Kier alpha value is -0.436. The highest BCUT2D eigenvalue weighted by Crippen LogP contribution is 2.21. The van der Waals surface area contributed by atoms with Gasteiger partial charge in [0.2, 0.25) is 0 Å². The van der Waals surface area contributed by atoms with Crippen molar-refractivity contribution in [2.75, 3.05) is 13.2 Å². The van der Waals surface area contributed by atoms with Crippen LogP contribution in [0.3, 0.4) is 0 Å². The van der Waals surface area contributed by atoms with Crippen LogP contribution in [0.25, 0.3) is 0 Å². The molecular weight excluding hydrogens is 288 g/mol. The molecule has 0 rings (SSSR count). The van der Waals surface area contributed by atoms with Crippen molar-refractivity contribution in [3.05, 3.63) is 12.2 Å². The zero-order valence-corrected chi connectivity index (χ0v) is 15.9. The number of hydrogen-bond acceptors (Lipinski definition) is 4. The summed E-state index contributed by atoms with van der Waals surface area (Å²) >= 11 is 0. The van der Waals surface area contributed by atoms with Gasteiger partial charge in [0.05, 0.1) is 6.61 Å². The molecule has 0 aromatic heterocycles. The van der Waals surface area contributed by atoms with E-state index in [1.807, 2.05) is 13.1 Å². The van der Waals surface area contributed by atoms with E-state index in [4.69, 9.17) is 13.3 Å². The molecule has 20 heavy (non-hydrogen) atoms. The van der Waals surface area contributed by atoms with Crippen molar-refractivity contribution in [3.8, 4) is 0 Å². The van der Waals surface area contributed by atoms with Crippen LogP contribution in [0, 0.1) is 0 Å². The molecule has 0 unspecified atom stereocenters. The molecule has 6 heteroatoms. The molecule has 0 radical (unpaired) electrons. The number of hydrogen-bond donors (Lipinski definition) is 0. The van der Waals surface area contributed by atoms with Crippen molar-refractivity contribution in [2.24, 2.45) is 0 Å². The summed E-state index contributed by atoms with van der Waals surface area (Å²) < 4.78 is 17.1. The molecule has 118 valence electrons. The molecule has 0 aliphatic rings. The van der Waals surface area contributed by atoms with Crippen molar-refractivity contribution < 1.29 is 18.1 Å². The van der Waals surface area contributed by atoms with Crippen LogP contribution in [0.1, 0.15) is 26.7 Å². The van der Waals surface area contributed by atoms with E-state index in [1.54, 1.807) is 6.92 Å². The Morgan fingerprint density at radius 1 is 1.15 bits per heavy atom. The van der Waals surface area contributed by atoms with Gasteiger partial charge in [-0.1, -0.05) is 26.3 Å². The summed E-state index contributed by atoms with van der Waals surface area (Å²) in [6.07, 6.45) is 2.40. The minimum Gasteiger partial charge on any atom is -0.460 e. The monoisotopic (exact) mass is 318 g/mol. The summed E-state index contributed by atoms with van der Waals surface area (Å²) in [5, 5.41) is 0. The first-order chi connectivity index (χ1) is 9.09. The third kappa shape index (κ3) is 9.46. The molecule has 0 bridgehead atoms. The first-order valence-electron chi connectivity index (χ1n) is 7.26. The van der Waals surface area contributed by atoms with E-state index in [2.05, 4.69) is 26.6 Å². The van der Waals surface area contributed by atoms with Crippen LogP contribution >= 0.6 is 0 Å². The molecule has 0 saturated heterocycles. The van der Waals surface area contributed by atoms with Gasteiger partial charge in [-0.2, -0.15) is 0 Å². The number of unbranched alkanes of at least 4 members (excludes halogenated alkanes) is 1. The Kier molecular flexibility index (Phi) is 8.57. The van der Waals surface area contributed by atoms with Crippen LogP contribution in [-0.2, 0) is 18.1 Å². The highest BCUT2D eigenvalue weighted by molar-refractivity contribution is 6.82. The van der Waals surface area contributed by atoms with Crippen LogP contribution in [-0.4, -0.2) is 36.1 Å². The fourth-order valence-electron chi connectivity index (χ4n) is 1.89. The Labute approximate surface area is 125 Å². The molecule has 0 atom stereocenters. The molecule has 0 saturated carbocycles. The Balaban J connectivity index is 4.06. The number of ether oxygens (including phenoxy) is 1. The summed E-state index contributed by atoms with van der Waals surface area (Å²) in [5.74, 6) is -0.369. The maximum absolute atomic E-state index is 11.2. The predicted octanol–water partition coefficient (Wildman–Crippen LogP) is 3.85. The van der Waals surface area contributed by atoms with Crippen molar-refractivity contribution >= 4 is 22.8 Å². The van der Waals surface area contributed by atoms with E-state index in [1.165, 1.54) is 12.8 Å². The Morgan fingerprint density at radius 2 is 1.75 bits per heavy atom. The van der Waals surface area contributed by atoms with Gasteiger partial charge in [0, 0.05) is 5.57 Å². The van der Waals surface area contributed by atoms with Crippen LogP contribution in [0.2, 0.25) is 32.2 Å². The zero-order chi connectivity index (χ0) is 15.8. The van der Waals surface area contributed by atoms with Gasteiger partial charge in [0.1, 0.15) is 6.61 Å². The number of carbonyl (C=O) groups is 1. The standard InChI is InChI=1S/C14H30O4Si2/c1-8-9-12-19(4,5)18-20(6,7)17-11-10-16-14(15)13(2)3/h2,8-12H2,1,3-7H3. The van der Waals surface area contributed by atoms with E-state index in [0.717, 1.165) is 6.04 Å². The maximum atomic E-state index is 11.2. The topological polar surface area (TPSA) is 44.8 Å². The first-order valence-corrected chi connectivity index (χ1v) is 13.2. The fraction of sp³-hybridized carbons (Fsp3) is 0.786. The van der Waals surface area contributed by atoms with Crippen LogP contribution in [0.15, 0.2) is 12.2 Å². The quantitative estimate of drug-likeness (QED) is 0.266. The van der Waals surface area contributed by atoms with Gasteiger partial charge in [-0.3, -0.25) is 0 Å². The van der Waals surface area contributed by atoms with Crippen LogP contribution in [0.4, 0.5) is 0 Å². The number of rotatable bonds is 10. The zero-order valence-electron chi connectivity index (χ0n) is 13.9. The molecule has 0 N–H and O–H groups in total. The number of esters is 1. The summed E-state index contributed by atoms with van der Waals surface area (Å²) in [5.41, 5.74) is 0.408. The lowest BCUT2D eigenvalue weighted by atomic mass is 10.4. The Morgan fingerprint density at radius 3 is 2.25 bits per heavy atom. The molecule has 0 fully saturated rings. The Bertz CT molecular complexity index is 327. The minimum absolute atomic E-state index is 0.252. The van der Waals surface area contributed by atoms with Crippen molar-refractivity contribution in [1.82, 2.24) is 0 Å². The van der Waals surface area contributed by atoms with Crippen LogP contribution < -0.4 is 0 Å². The molecule has 0 spiro atoms. The SMILES string of the molecule is C=C(C)C(=O)OCCO[Si](C)(C)O[Si](C)(C)CCCC. The summed E-state index contributed by atoms with van der Waals surface area (Å²) in [6, 6.07) is 1.16. The van der Waals surface area contributed by atoms with E-state index in [0.29, 0.717) is 12.2 Å². The maximum Gasteiger partial charge on any atom is 0.333 e. The lowest BCUT2D eigenvalue weighted by Gasteiger charge is -2.33. The van der Waals surface area contributed by atoms with Gasteiger partial charge in [0.15, 0.2) is 8.32 Å². The summed E-state index contributed by atoms with van der Waals surface area (Å²) in [6.45, 7) is 16.6. The van der Waals surface area contributed by atoms with E-state index >= 15 is 0 Å². The lowest BCUT2D eigenvalue weighted by molar-refractivity contribution is -0.139. The summed E-state index contributed by atoms with van der Waals surface area (Å²) in [7, 11) is -3.78. The molecule has 0 heterocycles. The second-order valence-electron chi connectivity index (χ2n) is 6.13. The van der Waals surface area contributed by atoms with Gasteiger partial charge < -0.3 is 13.3 Å². The molecular formula is C14H30O4Si2. The van der Waals surface area contributed by atoms with Crippen molar-refractivity contribution in [3.63, 3.8) is 0 Å². The van der Waals surface area contributed by atoms with E-state index in [9.17, 15) is 4.79 Å². The molecule has 4 nitrogen and oxygen atoms in total. The average Bonchev–Trinajstić information content (AvgIpc) is 2.30. The first kappa shape index (κ1) is 19.6. The van der Waals surface area contributed by atoms with Gasteiger partial charge in [-0.15, -0.1) is 0 Å². The minimum atomic E-state index is -2.14. The smallest absolute Gasteiger partial charge is 0.333 e. The highest BCUT2D eigenvalue weighted by Gasteiger charge is 2.34. The molecule has 0 aliphatic carbocycles. The molecule has 0 aromatic rings. The molecule has 0 aromatic carbocycles. The van der Waals surface area contributed by atoms with E-state index in [-0.39, 0.29) is 12.6 Å². The predicted molar refractivity (Wildman–Crippen MR) is 87.5 cm³/mol. The van der Waals surface area contributed by atoms with Gasteiger partial charge in [-0.25, -0.2) is 4.79 Å². The van der Waals surface area contributed by atoms with E-state index < -0.39 is 16.9 Å². The average molecular weight is 319 g/mol. The second-order valence-corrected chi connectivity index (χ2v) is 14.1. The largest absolute Gasteiger partial charge is 0.460 e. The van der Waals surface area contributed by atoms with Crippen molar-refractivity contribution in [2.45, 2.75) is 58.9 Å². The van der Waals surface area contributed by atoms with Crippen LogP contribution in [0.5, 0.6) is 0 Å². The number of carbonyl (C=O) groups excluding carboxylic acids is 1. The molecule has 0 amide bonds. The lowest BCUT2D eigenvalue weighted by Crippen LogP contribution is -2.47. The normalized spacial score (nSPS) is 12.3. The van der Waals surface area contributed by atoms with Gasteiger partial charge >= 0.3 is 14.5 Å². The summed E-state index contributed by atoms with van der Waals surface area (Å²) in [4.78, 5) is 11.2. The second kappa shape index (κ2) is 8.76. The molecule has 0 aliphatic heterocycles. The van der Waals surface area contributed by atoms with Gasteiger partial charge in [0.25, 0.3) is 0 Å². The highest BCUT2D eigenvalue weighted by atomic mass is 28.4. The third-order valence-electron chi connectivity index (χ3n) is 2.77. The fourth-order valence-corrected chi connectivity index (χ4v) is 9.64. The van der Waals surface area contributed by atoms with Gasteiger partial charge in [-0.05, 0) is 39.2 Å².